The minimum absolute atomic E-state index is 0.0453. The number of unbranched alkanes of at least 4 members (excludes halogenated alkanes) is 1. The van der Waals surface area contributed by atoms with Crippen molar-refractivity contribution in [2.24, 2.45) is 0 Å². The Hall–Kier alpha value is -4.25. The second kappa shape index (κ2) is 13.5. The van der Waals surface area contributed by atoms with E-state index in [0.29, 0.717) is 6.54 Å². The number of carbonyl (C=O) groups is 2. The van der Waals surface area contributed by atoms with Crippen molar-refractivity contribution < 1.29 is 22.9 Å². The molecule has 0 saturated heterocycles. The van der Waals surface area contributed by atoms with Crippen molar-refractivity contribution in [1.29, 1.82) is 0 Å². The smallest absolute Gasteiger partial charge is 0.269 e. The number of nitrogens with zero attached hydrogens (tertiary/aromatic N) is 3. The van der Waals surface area contributed by atoms with E-state index in [4.69, 9.17) is 0 Å². The lowest BCUT2D eigenvalue weighted by Gasteiger charge is -2.32. The summed E-state index contributed by atoms with van der Waals surface area (Å²) < 4.78 is 28.3. The SMILES string of the molecule is CCCCNC(=O)[C@H](C)N(Cc1ccccc1)C(=O)CN(c1ccc([N+](=O)[O-])cc1)S(=O)(=O)c1ccccc1. The zero-order valence-corrected chi connectivity index (χ0v) is 22.7. The lowest BCUT2D eigenvalue weighted by atomic mass is 10.1. The number of hydrogen-bond donors (Lipinski definition) is 1. The first-order chi connectivity index (χ1) is 18.6. The zero-order valence-electron chi connectivity index (χ0n) is 21.9. The number of rotatable bonds is 13. The summed E-state index contributed by atoms with van der Waals surface area (Å²) in [4.78, 5) is 38.6. The van der Waals surface area contributed by atoms with Gasteiger partial charge < -0.3 is 10.2 Å². The molecule has 0 aromatic heterocycles. The summed E-state index contributed by atoms with van der Waals surface area (Å²) in [5.74, 6) is -0.949. The fourth-order valence-corrected chi connectivity index (χ4v) is 5.32. The maximum Gasteiger partial charge on any atom is 0.269 e. The van der Waals surface area contributed by atoms with Crippen LogP contribution in [0.5, 0.6) is 0 Å². The van der Waals surface area contributed by atoms with Gasteiger partial charge in [-0.1, -0.05) is 61.9 Å². The third-order valence-corrected chi connectivity index (χ3v) is 7.94. The molecule has 0 aliphatic heterocycles. The molecular formula is C28H32N4O6S. The van der Waals surface area contributed by atoms with Gasteiger partial charge in [-0.05, 0) is 43.2 Å². The number of anilines is 1. The molecule has 3 rings (SSSR count). The molecule has 39 heavy (non-hydrogen) atoms. The molecule has 3 aromatic rings. The zero-order chi connectivity index (χ0) is 28.4. The number of nitrogens with one attached hydrogen (secondary N) is 1. The van der Waals surface area contributed by atoms with Crippen LogP contribution in [0.4, 0.5) is 11.4 Å². The van der Waals surface area contributed by atoms with Crippen LogP contribution in [0.15, 0.2) is 89.8 Å². The molecule has 0 unspecified atom stereocenters. The van der Waals surface area contributed by atoms with Crippen LogP contribution in [0.1, 0.15) is 32.3 Å². The van der Waals surface area contributed by atoms with Crippen molar-refractivity contribution in [1.82, 2.24) is 10.2 Å². The Bertz CT molecular complexity index is 1370. The van der Waals surface area contributed by atoms with E-state index in [1.54, 1.807) is 25.1 Å². The molecule has 0 aliphatic carbocycles. The molecular weight excluding hydrogens is 520 g/mol. The molecule has 0 aliphatic rings. The molecule has 0 radical (unpaired) electrons. The molecule has 11 heteroatoms. The van der Waals surface area contributed by atoms with Gasteiger partial charge in [-0.2, -0.15) is 0 Å². The molecule has 206 valence electrons. The van der Waals surface area contributed by atoms with Crippen LogP contribution >= 0.6 is 0 Å². The van der Waals surface area contributed by atoms with E-state index in [2.05, 4.69) is 5.32 Å². The summed E-state index contributed by atoms with van der Waals surface area (Å²) in [6, 6.07) is 20.7. The van der Waals surface area contributed by atoms with E-state index in [9.17, 15) is 28.1 Å². The Labute approximate surface area is 228 Å². The van der Waals surface area contributed by atoms with Crippen molar-refractivity contribution in [3.63, 3.8) is 0 Å². The van der Waals surface area contributed by atoms with Crippen LogP contribution in [0.2, 0.25) is 0 Å². The van der Waals surface area contributed by atoms with Crippen LogP contribution in [0.3, 0.4) is 0 Å². The average molecular weight is 553 g/mol. The number of benzene rings is 3. The summed E-state index contributed by atoms with van der Waals surface area (Å²) in [7, 11) is -4.24. The van der Waals surface area contributed by atoms with E-state index in [-0.39, 0.29) is 28.7 Å². The highest BCUT2D eigenvalue weighted by Crippen LogP contribution is 2.26. The van der Waals surface area contributed by atoms with Gasteiger partial charge in [-0.25, -0.2) is 8.42 Å². The van der Waals surface area contributed by atoms with Crippen molar-refractivity contribution >= 4 is 33.2 Å². The van der Waals surface area contributed by atoms with Gasteiger partial charge >= 0.3 is 0 Å². The van der Waals surface area contributed by atoms with E-state index in [1.165, 1.54) is 41.3 Å². The number of hydrogen-bond acceptors (Lipinski definition) is 6. The molecule has 10 nitrogen and oxygen atoms in total. The summed E-state index contributed by atoms with van der Waals surface area (Å²) in [5.41, 5.74) is 0.634. The molecule has 0 saturated carbocycles. The molecule has 0 bridgehead atoms. The van der Waals surface area contributed by atoms with Crippen molar-refractivity contribution in [2.75, 3.05) is 17.4 Å². The predicted octanol–water partition coefficient (Wildman–Crippen LogP) is 4.12. The van der Waals surface area contributed by atoms with Crippen molar-refractivity contribution in [3.8, 4) is 0 Å². The van der Waals surface area contributed by atoms with Crippen molar-refractivity contribution in [2.45, 2.75) is 44.2 Å². The van der Waals surface area contributed by atoms with Gasteiger partial charge in [-0.15, -0.1) is 0 Å². The van der Waals surface area contributed by atoms with Gasteiger partial charge in [0.1, 0.15) is 12.6 Å². The molecule has 1 atom stereocenters. The quantitative estimate of drug-likeness (QED) is 0.193. The van der Waals surface area contributed by atoms with Crippen molar-refractivity contribution in [3.05, 3.63) is 101 Å². The van der Waals surface area contributed by atoms with Gasteiger partial charge in [-0.3, -0.25) is 24.0 Å². The molecule has 0 heterocycles. The minimum atomic E-state index is -4.24. The summed E-state index contributed by atoms with van der Waals surface area (Å²) in [6.07, 6.45) is 1.68. The van der Waals surface area contributed by atoms with Crippen LogP contribution in [0, 0.1) is 10.1 Å². The molecule has 3 aromatic carbocycles. The first-order valence-electron chi connectivity index (χ1n) is 12.6. The Morgan fingerprint density at radius 2 is 1.54 bits per heavy atom. The standard InChI is InChI=1S/C28H32N4O6S/c1-3-4-19-29-28(34)22(2)30(20-23-11-7-5-8-12-23)27(33)21-31(24-15-17-25(18-16-24)32(35)36)39(37,38)26-13-9-6-10-14-26/h5-18,22H,3-4,19-21H2,1-2H3,(H,29,34)/t22-/m0/s1. The van der Waals surface area contributed by atoms with Crippen LogP contribution < -0.4 is 9.62 Å². The Morgan fingerprint density at radius 3 is 2.10 bits per heavy atom. The lowest BCUT2D eigenvalue weighted by molar-refractivity contribution is -0.384. The number of non-ortho nitro benzene ring substituents is 1. The van der Waals surface area contributed by atoms with Gasteiger partial charge in [0.15, 0.2) is 0 Å². The molecule has 0 fully saturated rings. The van der Waals surface area contributed by atoms with E-state index in [0.717, 1.165) is 22.7 Å². The Kier molecular flexibility index (Phi) is 10.2. The third-order valence-electron chi connectivity index (χ3n) is 6.15. The third kappa shape index (κ3) is 7.64. The number of amides is 2. The highest BCUT2D eigenvalue weighted by molar-refractivity contribution is 7.92. The van der Waals surface area contributed by atoms with Gasteiger partial charge in [0, 0.05) is 25.2 Å². The maximum absolute atomic E-state index is 13.8. The highest BCUT2D eigenvalue weighted by Gasteiger charge is 2.32. The minimum Gasteiger partial charge on any atom is -0.354 e. The Morgan fingerprint density at radius 1 is 0.949 bits per heavy atom. The number of nitro groups is 1. The predicted molar refractivity (Wildman–Crippen MR) is 148 cm³/mol. The topological polar surface area (TPSA) is 130 Å². The fraction of sp³-hybridized carbons (Fsp3) is 0.286. The van der Waals surface area contributed by atoms with Gasteiger partial charge in [0.25, 0.3) is 15.7 Å². The van der Waals surface area contributed by atoms with E-state index in [1.807, 2.05) is 37.3 Å². The maximum atomic E-state index is 13.8. The highest BCUT2D eigenvalue weighted by atomic mass is 32.2. The van der Waals surface area contributed by atoms with E-state index >= 15 is 0 Å². The van der Waals surface area contributed by atoms with Crippen LogP contribution in [0.25, 0.3) is 0 Å². The fourth-order valence-electron chi connectivity index (χ4n) is 3.89. The second-order valence-electron chi connectivity index (χ2n) is 8.93. The normalized spacial score (nSPS) is 11.8. The number of nitro benzene ring substituents is 1. The summed E-state index contributed by atoms with van der Waals surface area (Å²) in [6.45, 7) is 3.53. The summed E-state index contributed by atoms with van der Waals surface area (Å²) in [5, 5.41) is 14.0. The Balaban J connectivity index is 1.99. The number of sulfonamides is 1. The molecule has 0 spiro atoms. The van der Waals surface area contributed by atoms with E-state index < -0.39 is 33.4 Å². The average Bonchev–Trinajstić information content (AvgIpc) is 2.95. The largest absolute Gasteiger partial charge is 0.354 e. The molecule has 2 amide bonds. The van der Waals surface area contributed by atoms with Crippen LogP contribution in [-0.2, 0) is 26.2 Å². The molecule has 1 N–H and O–H groups in total. The van der Waals surface area contributed by atoms with Gasteiger partial charge in [0.2, 0.25) is 11.8 Å². The second-order valence-corrected chi connectivity index (χ2v) is 10.8. The van der Waals surface area contributed by atoms with Crippen LogP contribution in [-0.4, -0.2) is 49.2 Å². The first kappa shape index (κ1) is 29.3. The summed E-state index contributed by atoms with van der Waals surface area (Å²) >= 11 is 0. The monoisotopic (exact) mass is 552 g/mol. The number of carbonyl (C=O) groups excluding carboxylic acids is 2. The van der Waals surface area contributed by atoms with Gasteiger partial charge in [0.05, 0.1) is 15.5 Å². The lowest BCUT2D eigenvalue weighted by Crippen LogP contribution is -2.51. The first-order valence-corrected chi connectivity index (χ1v) is 14.0.